The number of amides is 2. The predicted molar refractivity (Wildman–Crippen MR) is 116 cm³/mol. The molecule has 0 atom stereocenters. The summed E-state index contributed by atoms with van der Waals surface area (Å²) in [5, 5.41) is 2.92. The van der Waals surface area contributed by atoms with E-state index in [1.165, 1.54) is 26.4 Å². The fraction of sp³-hybridized carbons (Fsp3) is 0.364. The first-order chi connectivity index (χ1) is 14.9. The summed E-state index contributed by atoms with van der Waals surface area (Å²) in [6.45, 7) is 4.71. The highest BCUT2D eigenvalue weighted by Crippen LogP contribution is 2.38. The quantitative estimate of drug-likeness (QED) is 0.660. The summed E-state index contributed by atoms with van der Waals surface area (Å²) >= 11 is 0. The van der Waals surface area contributed by atoms with Crippen molar-refractivity contribution in [3.63, 3.8) is 0 Å². The molecule has 1 saturated heterocycles. The van der Waals surface area contributed by atoms with Crippen LogP contribution in [0.2, 0.25) is 0 Å². The van der Waals surface area contributed by atoms with Crippen molar-refractivity contribution >= 4 is 23.2 Å². The van der Waals surface area contributed by atoms with Gasteiger partial charge in [-0.3, -0.25) is 9.59 Å². The van der Waals surface area contributed by atoms with E-state index >= 15 is 0 Å². The molecule has 3 rings (SSSR count). The van der Waals surface area contributed by atoms with Crippen LogP contribution in [0.15, 0.2) is 30.3 Å². The molecular weight excluding hydrogens is 402 g/mol. The molecular formula is C22H27N3O6. The van der Waals surface area contributed by atoms with Crippen LogP contribution in [0.4, 0.5) is 11.4 Å². The van der Waals surface area contributed by atoms with Gasteiger partial charge in [0.1, 0.15) is 0 Å². The first-order valence-corrected chi connectivity index (χ1v) is 9.84. The van der Waals surface area contributed by atoms with Gasteiger partial charge in [-0.1, -0.05) is 0 Å². The average molecular weight is 429 g/mol. The maximum Gasteiger partial charge on any atom is 0.255 e. The molecule has 1 fully saturated rings. The Bertz CT molecular complexity index is 931. The molecule has 1 aliphatic heterocycles. The summed E-state index contributed by atoms with van der Waals surface area (Å²) in [5.41, 5.74) is 8.20. The summed E-state index contributed by atoms with van der Waals surface area (Å²) < 4.78 is 21.4. The number of methoxy groups -OCH3 is 2. The van der Waals surface area contributed by atoms with Crippen molar-refractivity contribution in [1.29, 1.82) is 0 Å². The van der Waals surface area contributed by atoms with Crippen molar-refractivity contribution in [3.8, 4) is 17.2 Å². The minimum Gasteiger partial charge on any atom is -0.493 e. The molecule has 31 heavy (non-hydrogen) atoms. The number of hydrogen-bond donors (Lipinski definition) is 2. The van der Waals surface area contributed by atoms with Crippen LogP contribution >= 0.6 is 0 Å². The number of ether oxygens (including phenoxy) is 4. The van der Waals surface area contributed by atoms with E-state index in [1.807, 2.05) is 25.1 Å². The van der Waals surface area contributed by atoms with Crippen LogP contribution in [0.1, 0.15) is 15.9 Å². The number of nitrogens with one attached hydrogen (secondary N) is 1. The first kappa shape index (κ1) is 22.2. The molecule has 2 aromatic carbocycles. The average Bonchev–Trinajstić information content (AvgIpc) is 2.78. The number of aryl methyl sites for hydroxylation is 1. The van der Waals surface area contributed by atoms with E-state index in [0.29, 0.717) is 24.5 Å². The zero-order valence-corrected chi connectivity index (χ0v) is 17.9. The Morgan fingerprint density at radius 1 is 1.10 bits per heavy atom. The lowest BCUT2D eigenvalue weighted by atomic mass is 10.1. The second-order valence-corrected chi connectivity index (χ2v) is 7.02. The second-order valence-electron chi connectivity index (χ2n) is 7.02. The lowest BCUT2D eigenvalue weighted by molar-refractivity contribution is -0.120. The molecule has 3 N–H and O–H groups in total. The van der Waals surface area contributed by atoms with Gasteiger partial charge in [-0.15, -0.1) is 0 Å². The van der Waals surface area contributed by atoms with E-state index in [4.69, 9.17) is 24.7 Å². The van der Waals surface area contributed by atoms with E-state index < -0.39 is 5.91 Å². The number of carbonyl (C=O) groups excluding carboxylic acids is 2. The Balaban J connectivity index is 1.80. The van der Waals surface area contributed by atoms with Crippen molar-refractivity contribution < 1.29 is 28.5 Å². The number of nitrogens with two attached hydrogens (primary N) is 1. The van der Waals surface area contributed by atoms with Gasteiger partial charge in [-0.25, -0.2) is 0 Å². The van der Waals surface area contributed by atoms with Gasteiger partial charge in [-0.05, 0) is 42.8 Å². The number of anilines is 2. The Morgan fingerprint density at radius 2 is 1.74 bits per heavy atom. The molecule has 9 heteroatoms. The first-order valence-electron chi connectivity index (χ1n) is 9.84. The zero-order chi connectivity index (χ0) is 22.4. The summed E-state index contributed by atoms with van der Waals surface area (Å²) in [6.07, 6.45) is 0. The second kappa shape index (κ2) is 10.0. The topological polar surface area (TPSA) is 112 Å². The molecule has 2 aromatic rings. The highest BCUT2D eigenvalue weighted by atomic mass is 16.5. The predicted octanol–water partition coefficient (Wildman–Crippen LogP) is 1.97. The molecule has 1 heterocycles. The molecule has 9 nitrogen and oxygen atoms in total. The number of rotatable bonds is 8. The van der Waals surface area contributed by atoms with Crippen LogP contribution in [0.3, 0.4) is 0 Å². The van der Waals surface area contributed by atoms with Gasteiger partial charge in [0.2, 0.25) is 5.75 Å². The van der Waals surface area contributed by atoms with E-state index in [-0.39, 0.29) is 29.8 Å². The van der Waals surface area contributed by atoms with E-state index in [1.54, 1.807) is 0 Å². The van der Waals surface area contributed by atoms with Crippen molar-refractivity contribution in [3.05, 3.63) is 41.5 Å². The maximum atomic E-state index is 12.9. The number of carbonyl (C=O) groups is 2. The largest absolute Gasteiger partial charge is 0.493 e. The molecule has 166 valence electrons. The molecule has 0 saturated carbocycles. The monoisotopic (exact) mass is 429 g/mol. The van der Waals surface area contributed by atoms with Crippen LogP contribution < -0.4 is 30.2 Å². The normalized spacial score (nSPS) is 13.5. The Morgan fingerprint density at radius 3 is 2.29 bits per heavy atom. The van der Waals surface area contributed by atoms with Gasteiger partial charge in [0.05, 0.1) is 27.4 Å². The standard InChI is InChI=1S/C22H27N3O6/c1-14-10-16(25-6-8-30-9-7-25)4-5-17(14)24-22(27)15-11-18(28-2)21(19(12-15)29-3)31-13-20(23)26/h4-5,10-12H,6-9,13H2,1-3H3,(H2,23,26)(H,24,27). The van der Waals surface area contributed by atoms with E-state index in [9.17, 15) is 9.59 Å². The summed E-state index contributed by atoms with van der Waals surface area (Å²) in [4.78, 5) is 26.2. The fourth-order valence-electron chi connectivity index (χ4n) is 3.30. The minimum atomic E-state index is -0.637. The molecule has 0 unspecified atom stereocenters. The van der Waals surface area contributed by atoms with Crippen molar-refractivity contribution in [1.82, 2.24) is 0 Å². The molecule has 2 amide bonds. The van der Waals surface area contributed by atoms with Gasteiger partial charge in [0, 0.05) is 30.0 Å². The Labute approximate surface area is 181 Å². The Kier molecular flexibility index (Phi) is 7.19. The molecule has 0 spiro atoms. The SMILES string of the molecule is COc1cc(C(=O)Nc2ccc(N3CCOCC3)cc2C)cc(OC)c1OCC(N)=O. The summed E-state index contributed by atoms with van der Waals surface area (Å²) in [6, 6.07) is 8.95. The van der Waals surface area contributed by atoms with E-state index in [2.05, 4.69) is 10.2 Å². The fourth-order valence-corrected chi connectivity index (χ4v) is 3.30. The lowest BCUT2D eigenvalue weighted by Gasteiger charge is -2.29. The third kappa shape index (κ3) is 5.37. The zero-order valence-electron chi connectivity index (χ0n) is 17.9. The van der Waals surface area contributed by atoms with E-state index in [0.717, 1.165) is 24.3 Å². The lowest BCUT2D eigenvalue weighted by Crippen LogP contribution is -2.36. The smallest absolute Gasteiger partial charge is 0.255 e. The molecule has 0 bridgehead atoms. The third-order valence-electron chi connectivity index (χ3n) is 4.92. The molecule has 0 aliphatic carbocycles. The number of primary amides is 1. The van der Waals surface area contributed by atoms with Gasteiger partial charge in [0.15, 0.2) is 18.1 Å². The van der Waals surface area contributed by atoms with Gasteiger partial charge >= 0.3 is 0 Å². The molecule has 1 aliphatic rings. The van der Waals surface area contributed by atoms with Crippen LogP contribution in [0, 0.1) is 6.92 Å². The number of morpholine rings is 1. The summed E-state index contributed by atoms with van der Waals surface area (Å²) in [5.74, 6) is -0.260. The highest BCUT2D eigenvalue weighted by molar-refractivity contribution is 6.05. The van der Waals surface area contributed by atoms with Gasteiger partial charge in [-0.2, -0.15) is 0 Å². The maximum absolute atomic E-state index is 12.9. The van der Waals surface area contributed by atoms with Crippen LogP contribution in [0.5, 0.6) is 17.2 Å². The molecule has 0 radical (unpaired) electrons. The molecule has 0 aromatic heterocycles. The van der Waals surface area contributed by atoms with Gasteiger partial charge < -0.3 is 34.9 Å². The van der Waals surface area contributed by atoms with Crippen molar-refractivity contribution in [2.45, 2.75) is 6.92 Å². The highest BCUT2D eigenvalue weighted by Gasteiger charge is 2.19. The van der Waals surface area contributed by atoms with Crippen molar-refractivity contribution in [2.75, 3.05) is 57.3 Å². The Hall–Kier alpha value is -3.46. The summed E-state index contributed by atoms with van der Waals surface area (Å²) in [7, 11) is 2.87. The van der Waals surface area contributed by atoms with Gasteiger partial charge in [0.25, 0.3) is 11.8 Å². The number of hydrogen-bond acceptors (Lipinski definition) is 7. The van der Waals surface area contributed by atoms with Crippen LogP contribution in [-0.2, 0) is 9.53 Å². The van der Waals surface area contributed by atoms with Crippen LogP contribution in [0.25, 0.3) is 0 Å². The number of benzene rings is 2. The minimum absolute atomic E-state index is 0.200. The van der Waals surface area contributed by atoms with Crippen LogP contribution in [-0.4, -0.2) is 58.9 Å². The van der Waals surface area contributed by atoms with Crippen molar-refractivity contribution in [2.24, 2.45) is 5.73 Å². The number of nitrogens with zero attached hydrogens (tertiary/aromatic N) is 1. The third-order valence-corrected chi connectivity index (χ3v) is 4.92.